The maximum atomic E-state index is 11.3. The molecule has 106 valence electrons. The molecule has 1 aliphatic heterocycles. The standard InChI is InChI=1S/C13H20N2O2S2/c1-10(15-8-11-5-6-18-9-11)12-3-2-4-13(7-12)19(14,16)17/h2-4,7,10-11,15H,5-6,8-9H2,1H3,(H2,14,16,17). The van der Waals surface area contributed by atoms with Crippen LogP contribution in [0.5, 0.6) is 0 Å². The maximum absolute atomic E-state index is 11.3. The first kappa shape index (κ1) is 14.8. The van der Waals surface area contributed by atoms with Gasteiger partial charge in [0.2, 0.25) is 10.0 Å². The highest BCUT2D eigenvalue weighted by Crippen LogP contribution is 2.24. The molecule has 1 aliphatic rings. The summed E-state index contributed by atoms with van der Waals surface area (Å²) in [5.74, 6) is 3.20. The van der Waals surface area contributed by atoms with Crippen LogP contribution in [0.4, 0.5) is 0 Å². The van der Waals surface area contributed by atoms with Crippen molar-refractivity contribution < 1.29 is 8.42 Å². The van der Waals surface area contributed by atoms with Crippen LogP contribution >= 0.6 is 11.8 Å². The third kappa shape index (κ3) is 4.21. The van der Waals surface area contributed by atoms with E-state index in [1.165, 1.54) is 24.0 Å². The summed E-state index contributed by atoms with van der Waals surface area (Å²) in [7, 11) is -3.62. The first-order valence-corrected chi connectivity index (χ1v) is 9.11. The van der Waals surface area contributed by atoms with Gasteiger partial charge in [-0.25, -0.2) is 13.6 Å². The summed E-state index contributed by atoms with van der Waals surface area (Å²) in [6, 6.07) is 6.97. The van der Waals surface area contributed by atoms with Crippen molar-refractivity contribution in [1.29, 1.82) is 0 Å². The lowest BCUT2D eigenvalue weighted by atomic mass is 10.1. The quantitative estimate of drug-likeness (QED) is 0.869. The number of nitrogens with two attached hydrogens (primary N) is 1. The van der Waals surface area contributed by atoms with Crippen molar-refractivity contribution in [2.24, 2.45) is 11.1 Å². The minimum absolute atomic E-state index is 0.132. The van der Waals surface area contributed by atoms with Crippen LogP contribution in [0.3, 0.4) is 0 Å². The first-order chi connectivity index (χ1) is 8.97. The molecule has 3 N–H and O–H groups in total. The fourth-order valence-corrected chi connectivity index (χ4v) is 4.02. The molecule has 0 saturated carbocycles. The molecule has 1 saturated heterocycles. The first-order valence-electron chi connectivity index (χ1n) is 6.40. The van der Waals surface area contributed by atoms with E-state index in [0.29, 0.717) is 0 Å². The van der Waals surface area contributed by atoms with E-state index >= 15 is 0 Å². The van der Waals surface area contributed by atoms with E-state index in [4.69, 9.17) is 5.14 Å². The fourth-order valence-electron chi connectivity index (χ4n) is 2.17. The van der Waals surface area contributed by atoms with Crippen molar-refractivity contribution in [3.63, 3.8) is 0 Å². The topological polar surface area (TPSA) is 72.2 Å². The van der Waals surface area contributed by atoms with Gasteiger partial charge in [-0.3, -0.25) is 0 Å². The molecular weight excluding hydrogens is 280 g/mol. The second kappa shape index (κ2) is 6.26. The smallest absolute Gasteiger partial charge is 0.238 e. The normalized spacial score (nSPS) is 21.5. The monoisotopic (exact) mass is 300 g/mol. The molecule has 1 aromatic rings. The molecule has 0 radical (unpaired) electrons. The largest absolute Gasteiger partial charge is 0.310 e. The lowest BCUT2D eigenvalue weighted by Crippen LogP contribution is -2.26. The van der Waals surface area contributed by atoms with E-state index < -0.39 is 10.0 Å². The molecule has 2 unspecified atom stereocenters. The number of primary sulfonamides is 1. The van der Waals surface area contributed by atoms with Crippen LogP contribution in [0, 0.1) is 5.92 Å². The van der Waals surface area contributed by atoms with E-state index in [9.17, 15) is 8.42 Å². The molecule has 0 aromatic heterocycles. The summed E-state index contributed by atoms with van der Waals surface area (Å²) < 4.78 is 22.7. The molecule has 2 atom stereocenters. The molecule has 0 aliphatic carbocycles. The van der Waals surface area contributed by atoms with Crippen molar-refractivity contribution in [3.05, 3.63) is 29.8 Å². The van der Waals surface area contributed by atoms with Crippen LogP contribution in [-0.4, -0.2) is 26.5 Å². The molecule has 0 bridgehead atoms. The van der Waals surface area contributed by atoms with Gasteiger partial charge in [-0.2, -0.15) is 11.8 Å². The highest BCUT2D eigenvalue weighted by Gasteiger charge is 2.17. The zero-order valence-corrected chi connectivity index (χ0v) is 12.6. The Labute approximate surface area is 119 Å². The number of benzene rings is 1. The number of sulfonamides is 1. The zero-order chi connectivity index (χ0) is 13.9. The van der Waals surface area contributed by atoms with E-state index in [1.54, 1.807) is 12.1 Å². The Balaban J connectivity index is 2.00. The molecule has 6 heteroatoms. The Bertz CT molecular complexity index is 525. The van der Waals surface area contributed by atoms with Gasteiger partial charge in [-0.1, -0.05) is 12.1 Å². The van der Waals surface area contributed by atoms with Crippen molar-refractivity contribution in [2.45, 2.75) is 24.3 Å². The van der Waals surface area contributed by atoms with Crippen LogP contribution in [0.1, 0.15) is 24.9 Å². The van der Waals surface area contributed by atoms with Crippen LogP contribution < -0.4 is 10.5 Å². The summed E-state index contributed by atoms with van der Waals surface area (Å²) in [5.41, 5.74) is 0.956. The van der Waals surface area contributed by atoms with Gasteiger partial charge in [0.25, 0.3) is 0 Å². The molecule has 1 aromatic carbocycles. The summed E-state index contributed by atoms with van der Waals surface area (Å²) in [5, 5.41) is 8.62. The number of thioether (sulfide) groups is 1. The Morgan fingerprint density at radius 3 is 2.95 bits per heavy atom. The Morgan fingerprint density at radius 1 is 1.53 bits per heavy atom. The molecule has 0 amide bonds. The second-order valence-electron chi connectivity index (χ2n) is 4.98. The zero-order valence-electron chi connectivity index (χ0n) is 11.0. The van der Waals surface area contributed by atoms with Crippen LogP contribution in [0.15, 0.2) is 29.2 Å². The van der Waals surface area contributed by atoms with Gasteiger partial charge in [0, 0.05) is 6.04 Å². The third-order valence-electron chi connectivity index (χ3n) is 3.42. The molecule has 0 spiro atoms. The second-order valence-corrected chi connectivity index (χ2v) is 7.69. The third-order valence-corrected chi connectivity index (χ3v) is 5.57. The average molecular weight is 300 g/mol. The fraction of sp³-hybridized carbons (Fsp3) is 0.538. The average Bonchev–Trinajstić information content (AvgIpc) is 2.88. The molecule has 4 nitrogen and oxygen atoms in total. The number of nitrogens with one attached hydrogen (secondary N) is 1. The predicted octanol–water partition coefficient (Wildman–Crippen LogP) is 1.74. The van der Waals surface area contributed by atoms with E-state index in [-0.39, 0.29) is 10.9 Å². The SMILES string of the molecule is CC(NCC1CCSC1)c1cccc(S(N)(=O)=O)c1. The van der Waals surface area contributed by atoms with Gasteiger partial charge < -0.3 is 5.32 Å². The minimum Gasteiger partial charge on any atom is -0.310 e. The van der Waals surface area contributed by atoms with Crippen molar-refractivity contribution in [1.82, 2.24) is 5.32 Å². The van der Waals surface area contributed by atoms with E-state index in [0.717, 1.165) is 18.0 Å². The molecular formula is C13H20N2O2S2. The van der Waals surface area contributed by atoms with Gasteiger partial charge >= 0.3 is 0 Å². The molecule has 1 heterocycles. The Morgan fingerprint density at radius 2 is 2.32 bits per heavy atom. The van der Waals surface area contributed by atoms with E-state index in [1.807, 2.05) is 24.8 Å². The summed E-state index contributed by atoms with van der Waals surface area (Å²) in [6.45, 7) is 3.03. The molecule has 1 fully saturated rings. The summed E-state index contributed by atoms with van der Waals surface area (Å²) in [6.07, 6.45) is 1.27. The van der Waals surface area contributed by atoms with Crippen molar-refractivity contribution in [3.8, 4) is 0 Å². The van der Waals surface area contributed by atoms with Crippen molar-refractivity contribution in [2.75, 3.05) is 18.1 Å². The Hall–Kier alpha value is -0.560. The van der Waals surface area contributed by atoms with Gasteiger partial charge in [-0.15, -0.1) is 0 Å². The van der Waals surface area contributed by atoms with Crippen molar-refractivity contribution >= 4 is 21.8 Å². The van der Waals surface area contributed by atoms with Crippen LogP contribution in [-0.2, 0) is 10.0 Å². The van der Waals surface area contributed by atoms with Crippen LogP contribution in [0.25, 0.3) is 0 Å². The van der Waals surface area contributed by atoms with Gasteiger partial charge in [0.15, 0.2) is 0 Å². The molecule has 2 rings (SSSR count). The Kier molecular flexibility index (Phi) is 4.89. The lowest BCUT2D eigenvalue weighted by molar-refractivity contribution is 0.477. The minimum atomic E-state index is -3.62. The van der Waals surface area contributed by atoms with Crippen LogP contribution in [0.2, 0.25) is 0 Å². The van der Waals surface area contributed by atoms with Gasteiger partial charge in [0.1, 0.15) is 0 Å². The lowest BCUT2D eigenvalue weighted by Gasteiger charge is -2.17. The summed E-state index contributed by atoms with van der Waals surface area (Å²) >= 11 is 2.00. The van der Waals surface area contributed by atoms with E-state index in [2.05, 4.69) is 5.32 Å². The maximum Gasteiger partial charge on any atom is 0.238 e. The summed E-state index contributed by atoms with van der Waals surface area (Å²) in [4.78, 5) is 0.176. The number of hydrogen-bond donors (Lipinski definition) is 2. The molecule has 19 heavy (non-hydrogen) atoms. The highest BCUT2D eigenvalue weighted by molar-refractivity contribution is 7.99. The number of hydrogen-bond acceptors (Lipinski definition) is 4. The predicted molar refractivity (Wildman–Crippen MR) is 79.7 cm³/mol. The van der Waals surface area contributed by atoms with Gasteiger partial charge in [0.05, 0.1) is 4.90 Å². The highest BCUT2D eigenvalue weighted by atomic mass is 32.2. The van der Waals surface area contributed by atoms with Gasteiger partial charge in [-0.05, 0) is 55.0 Å². The number of rotatable bonds is 5.